The van der Waals surface area contributed by atoms with Gasteiger partial charge >= 0.3 is 0 Å². The zero-order valence-electron chi connectivity index (χ0n) is 13.5. The standard InChI is InChI=1S/C17H19ClN4OS/c1-2-14-13-10-15(16(23)20-8-4-7-19)24-17(13)22(21-14)12-6-3-5-11(18)9-12/h3,5-6,9-10H,2,4,7-8,19H2,1H3,(H,20,23)/p+1. The number of amides is 1. The molecule has 0 bridgehead atoms. The van der Waals surface area contributed by atoms with Gasteiger partial charge in [0.05, 0.1) is 22.8 Å². The summed E-state index contributed by atoms with van der Waals surface area (Å²) in [5.41, 5.74) is 5.67. The summed E-state index contributed by atoms with van der Waals surface area (Å²) in [5, 5.41) is 9.32. The second-order valence-corrected chi connectivity index (χ2v) is 6.95. The van der Waals surface area contributed by atoms with Crippen LogP contribution in [-0.4, -0.2) is 28.8 Å². The first-order valence-electron chi connectivity index (χ1n) is 7.99. The Morgan fingerprint density at radius 3 is 2.96 bits per heavy atom. The number of nitrogens with zero attached hydrogens (tertiary/aromatic N) is 2. The number of benzene rings is 1. The lowest BCUT2D eigenvalue weighted by Crippen LogP contribution is -2.51. The SMILES string of the molecule is CCc1nn(-c2cccc(Cl)c2)c2sc(C(=O)NCCC[NH3+])cc12. The van der Waals surface area contributed by atoms with Crippen LogP contribution in [0.15, 0.2) is 30.3 Å². The van der Waals surface area contributed by atoms with Crippen molar-refractivity contribution in [3.63, 3.8) is 0 Å². The van der Waals surface area contributed by atoms with Gasteiger partial charge in [-0.3, -0.25) is 4.79 Å². The lowest BCUT2D eigenvalue weighted by molar-refractivity contribution is -0.367. The molecule has 1 amide bonds. The molecule has 3 rings (SSSR count). The Morgan fingerprint density at radius 1 is 1.42 bits per heavy atom. The van der Waals surface area contributed by atoms with E-state index in [1.165, 1.54) is 11.3 Å². The van der Waals surface area contributed by atoms with Crippen LogP contribution in [0.2, 0.25) is 5.02 Å². The van der Waals surface area contributed by atoms with Crippen molar-refractivity contribution in [1.29, 1.82) is 0 Å². The number of fused-ring (bicyclic) bond motifs is 1. The Hall–Kier alpha value is -1.89. The monoisotopic (exact) mass is 363 g/mol. The molecule has 0 atom stereocenters. The molecular weight excluding hydrogens is 344 g/mol. The van der Waals surface area contributed by atoms with Crippen LogP contribution in [0.25, 0.3) is 15.9 Å². The third-order valence-corrected chi connectivity index (χ3v) is 5.10. The Balaban J connectivity index is 2.00. The first-order valence-corrected chi connectivity index (χ1v) is 9.18. The molecule has 2 heterocycles. The molecular formula is C17H20ClN4OS+. The molecule has 3 aromatic rings. The molecule has 126 valence electrons. The third kappa shape index (κ3) is 3.31. The van der Waals surface area contributed by atoms with Gasteiger partial charge in [-0.05, 0) is 30.7 Å². The molecule has 4 N–H and O–H groups in total. The van der Waals surface area contributed by atoms with Crippen LogP contribution in [0.5, 0.6) is 0 Å². The van der Waals surface area contributed by atoms with E-state index in [1.54, 1.807) is 0 Å². The lowest BCUT2D eigenvalue weighted by Gasteiger charge is -2.03. The van der Waals surface area contributed by atoms with Gasteiger partial charge in [0.15, 0.2) is 0 Å². The van der Waals surface area contributed by atoms with Crippen molar-refractivity contribution in [2.24, 2.45) is 0 Å². The minimum absolute atomic E-state index is 0.0376. The summed E-state index contributed by atoms with van der Waals surface area (Å²) < 4.78 is 1.87. The fourth-order valence-electron chi connectivity index (χ4n) is 2.54. The van der Waals surface area contributed by atoms with Gasteiger partial charge in [0, 0.05) is 23.4 Å². The van der Waals surface area contributed by atoms with E-state index in [1.807, 2.05) is 35.0 Å². The maximum atomic E-state index is 12.3. The molecule has 0 saturated heterocycles. The molecule has 0 aliphatic carbocycles. The highest BCUT2D eigenvalue weighted by Gasteiger charge is 2.18. The van der Waals surface area contributed by atoms with E-state index in [2.05, 4.69) is 23.1 Å². The molecule has 0 spiro atoms. The van der Waals surface area contributed by atoms with E-state index >= 15 is 0 Å². The number of rotatable bonds is 6. The predicted octanol–water partition coefficient (Wildman–Crippen LogP) is 2.66. The average molecular weight is 364 g/mol. The number of quaternary nitrogens is 1. The van der Waals surface area contributed by atoms with Gasteiger partial charge in [0.1, 0.15) is 4.83 Å². The number of hydrogen-bond donors (Lipinski definition) is 2. The normalized spacial score (nSPS) is 11.1. The van der Waals surface area contributed by atoms with E-state index < -0.39 is 0 Å². The van der Waals surface area contributed by atoms with Crippen molar-refractivity contribution in [2.45, 2.75) is 19.8 Å². The average Bonchev–Trinajstić information content (AvgIpc) is 3.14. The van der Waals surface area contributed by atoms with Crippen molar-refractivity contribution >= 4 is 39.1 Å². The van der Waals surface area contributed by atoms with Crippen LogP contribution in [0, 0.1) is 0 Å². The molecule has 0 radical (unpaired) electrons. The maximum absolute atomic E-state index is 12.3. The number of carbonyl (C=O) groups is 1. The molecule has 1 aromatic carbocycles. The van der Waals surface area contributed by atoms with Crippen molar-refractivity contribution in [1.82, 2.24) is 15.1 Å². The van der Waals surface area contributed by atoms with Crippen molar-refractivity contribution in [2.75, 3.05) is 13.1 Å². The molecule has 5 nitrogen and oxygen atoms in total. The van der Waals surface area contributed by atoms with E-state index in [-0.39, 0.29) is 5.91 Å². The van der Waals surface area contributed by atoms with Gasteiger partial charge in [-0.15, -0.1) is 11.3 Å². The minimum atomic E-state index is -0.0376. The third-order valence-electron chi connectivity index (χ3n) is 3.76. The highest BCUT2D eigenvalue weighted by Crippen LogP contribution is 2.31. The number of thiophene rings is 1. The van der Waals surface area contributed by atoms with Crippen molar-refractivity contribution in [3.8, 4) is 5.69 Å². The Kier molecular flexibility index (Phi) is 5.18. The lowest BCUT2D eigenvalue weighted by atomic mass is 10.2. The second kappa shape index (κ2) is 7.34. The highest BCUT2D eigenvalue weighted by atomic mass is 35.5. The van der Waals surface area contributed by atoms with Crippen molar-refractivity contribution in [3.05, 3.63) is 45.9 Å². The fourth-order valence-corrected chi connectivity index (χ4v) is 3.79. The summed E-state index contributed by atoms with van der Waals surface area (Å²) in [6.07, 6.45) is 1.69. The van der Waals surface area contributed by atoms with Crippen molar-refractivity contribution < 1.29 is 10.5 Å². The quantitative estimate of drug-likeness (QED) is 0.661. The number of nitrogens with one attached hydrogen (secondary N) is 1. The first kappa shape index (κ1) is 17.0. The fraction of sp³-hybridized carbons (Fsp3) is 0.294. The van der Waals surface area contributed by atoms with E-state index in [0.717, 1.165) is 41.0 Å². The highest BCUT2D eigenvalue weighted by molar-refractivity contribution is 7.20. The summed E-state index contributed by atoms with van der Waals surface area (Å²) >= 11 is 7.56. The summed E-state index contributed by atoms with van der Waals surface area (Å²) in [5.74, 6) is -0.0376. The second-order valence-electron chi connectivity index (χ2n) is 5.48. The molecule has 2 aromatic heterocycles. The first-order chi connectivity index (χ1) is 11.6. The summed E-state index contributed by atoms with van der Waals surface area (Å²) in [7, 11) is 0. The number of hydrogen-bond acceptors (Lipinski definition) is 3. The maximum Gasteiger partial charge on any atom is 0.261 e. The van der Waals surface area contributed by atoms with Gasteiger partial charge in [0.2, 0.25) is 0 Å². The predicted molar refractivity (Wildman–Crippen MR) is 98.0 cm³/mol. The Morgan fingerprint density at radius 2 is 2.25 bits per heavy atom. The summed E-state index contributed by atoms with van der Waals surface area (Å²) in [6.45, 7) is 3.53. The molecule has 0 aliphatic rings. The van der Waals surface area contributed by atoms with Gasteiger partial charge in [-0.1, -0.05) is 24.6 Å². The zero-order chi connectivity index (χ0) is 17.1. The largest absolute Gasteiger partial charge is 0.358 e. The number of aryl methyl sites for hydroxylation is 1. The molecule has 7 heteroatoms. The van der Waals surface area contributed by atoms with Crippen LogP contribution in [0.4, 0.5) is 0 Å². The van der Waals surface area contributed by atoms with Crippen LogP contribution >= 0.6 is 22.9 Å². The molecule has 24 heavy (non-hydrogen) atoms. The van der Waals surface area contributed by atoms with Gasteiger partial charge in [-0.2, -0.15) is 5.10 Å². The van der Waals surface area contributed by atoms with Crippen LogP contribution < -0.4 is 11.1 Å². The van der Waals surface area contributed by atoms with E-state index in [9.17, 15) is 4.79 Å². The van der Waals surface area contributed by atoms with Crippen LogP contribution in [0.3, 0.4) is 0 Å². The summed E-state index contributed by atoms with van der Waals surface area (Å²) in [4.78, 5) is 14.0. The number of carbonyl (C=O) groups excluding carboxylic acids is 1. The number of halogens is 1. The number of aromatic nitrogens is 2. The minimum Gasteiger partial charge on any atom is -0.358 e. The molecule has 0 unspecified atom stereocenters. The van der Waals surface area contributed by atoms with Crippen LogP contribution in [-0.2, 0) is 6.42 Å². The van der Waals surface area contributed by atoms with Gasteiger partial charge in [0.25, 0.3) is 5.91 Å². The topological polar surface area (TPSA) is 74.6 Å². The molecule has 0 fully saturated rings. The molecule has 0 saturated carbocycles. The molecule has 0 aliphatic heterocycles. The Labute approximate surface area is 149 Å². The van der Waals surface area contributed by atoms with Gasteiger partial charge < -0.3 is 11.1 Å². The van der Waals surface area contributed by atoms with Gasteiger partial charge in [-0.25, -0.2) is 4.68 Å². The van der Waals surface area contributed by atoms with Crippen LogP contribution in [0.1, 0.15) is 28.7 Å². The van der Waals surface area contributed by atoms with E-state index in [0.29, 0.717) is 16.4 Å². The zero-order valence-corrected chi connectivity index (χ0v) is 15.1. The summed E-state index contributed by atoms with van der Waals surface area (Å²) in [6, 6.07) is 9.51. The Bertz CT molecular complexity index is 871. The van der Waals surface area contributed by atoms with E-state index in [4.69, 9.17) is 11.6 Å². The smallest absolute Gasteiger partial charge is 0.261 e.